The molecule has 0 aliphatic heterocycles. The van der Waals surface area contributed by atoms with Gasteiger partial charge >= 0.3 is 11.9 Å². The average molecular weight is 560 g/mol. The van der Waals surface area contributed by atoms with Crippen molar-refractivity contribution in [1.29, 1.82) is 0 Å². The zero-order valence-corrected chi connectivity index (χ0v) is 21.0. The van der Waals surface area contributed by atoms with E-state index in [1.54, 1.807) is 44.2 Å². The summed E-state index contributed by atoms with van der Waals surface area (Å²) < 4.78 is 45.3. The first kappa shape index (κ1) is 26.2. The van der Waals surface area contributed by atoms with E-state index in [1.807, 2.05) is 4.98 Å². The monoisotopic (exact) mass is 559 g/mol. The van der Waals surface area contributed by atoms with Gasteiger partial charge in [0.15, 0.2) is 6.10 Å². The van der Waals surface area contributed by atoms with E-state index < -0.39 is 36.2 Å². The first-order valence-electron chi connectivity index (χ1n) is 10.5. The highest BCUT2D eigenvalue weighted by Gasteiger charge is 2.39. The summed E-state index contributed by atoms with van der Waals surface area (Å²) in [6, 6.07) is 8.32. The number of halogens is 5. The first-order valence-corrected chi connectivity index (χ1v) is 12.0. The van der Waals surface area contributed by atoms with Crippen LogP contribution >= 0.6 is 34.5 Å². The van der Waals surface area contributed by atoms with Crippen LogP contribution in [0.25, 0.3) is 20.7 Å². The van der Waals surface area contributed by atoms with Gasteiger partial charge in [0.2, 0.25) is 5.88 Å². The number of alkyl halides is 3. The highest BCUT2D eigenvalue weighted by Crippen LogP contribution is 2.37. The maximum atomic E-state index is 12.9. The molecule has 190 valence electrons. The van der Waals surface area contributed by atoms with E-state index in [1.165, 1.54) is 6.20 Å². The van der Waals surface area contributed by atoms with Crippen LogP contribution in [0.5, 0.6) is 5.88 Å². The summed E-state index contributed by atoms with van der Waals surface area (Å²) in [5, 5.41) is 10.5. The molecular formula is C23H18Cl2F3N3O4S. The predicted octanol–water partition coefficient (Wildman–Crippen LogP) is 5.49. The van der Waals surface area contributed by atoms with Crippen LogP contribution in [0.3, 0.4) is 0 Å². The molecule has 0 fully saturated rings. The quantitative estimate of drug-likeness (QED) is 0.325. The van der Waals surface area contributed by atoms with E-state index in [0.717, 1.165) is 15.9 Å². The van der Waals surface area contributed by atoms with Crippen molar-refractivity contribution in [2.45, 2.75) is 38.8 Å². The number of aryl methyl sites for hydroxylation is 1. The summed E-state index contributed by atoms with van der Waals surface area (Å²) in [6.07, 6.45) is -6.65. The zero-order chi connectivity index (χ0) is 26.4. The van der Waals surface area contributed by atoms with Gasteiger partial charge in [-0.05, 0) is 37.6 Å². The van der Waals surface area contributed by atoms with Gasteiger partial charge in [-0.1, -0.05) is 29.3 Å². The normalized spacial score (nSPS) is 13.7. The molecule has 1 unspecified atom stereocenters. The van der Waals surface area contributed by atoms with Crippen LogP contribution in [-0.4, -0.2) is 31.9 Å². The molecular weight excluding hydrogens is 542 g/mol. The van der Waals surface area contributed by atoms with Crippen LogP contribution in [0.4, 0.5) is 13.2 Å². The van der Waals surface area contributed by atoms with Gasteiger partial charge in [-0.3, -0.25) is 14.3 Å². The third-order valence-electron chi connectivity index (χ3n) is 5.50. The molecule has 0 spiro atoms. The van der Waals surface area contributed by atoms with E-state index in [2.05, 4.69) is 4.98 Å². The van der Waals surface area contributed by atoms with Crippen molar-refractivity contribution in [2.75, 3.05) is 0 Å². The zero-order valence-electron chi connectivity index (χ0n) is 18.7. The summed E-state index contributed by atoms with van der Waals surface area (Å²) in [7, 11) is 0. The molecule has 0 aliphatic rings. The Kier molecular flexibility index (Phi) is 7.20. The summed E-state index contributed by atoms with van der Waals surface area (Å²) in [4.78, 5) is 31.6. The summed E-state index contributed by atoms with van der Waals surface area (Å²) in [5.41, 5.74) is -0.0311. The molecule has 2 atom stereocenters. The minimum Gasteiger partial charge on any atom is -0.470 e. The Bertz CT molecular complexity index is 1550. The number of hydrogen-bond donors (Lipinski definition) is 2. The molecule has 0 amide bonds. The maximum Gasteiger partial charge on any atom is 0.416 e. The molecule has 7 nitrogen and oxygen atoms in total. The van der Waals surface area contributed by atoms with Crippen LogP contribution in [0, 0.1) is 6.92 Å². The number of aliphatic hydroxyl groups is 1. The van der Waals surface area contributed by atoms with Crippen LogP contribution < -0.4 is 16.0 Å². The number of benzene rings is 1. The Labute approximate surface area is 215 Å². The summed E-state index contributed by atoms with van der Waals surface area (Å²) >= 11 is 13.1. The summed E-state index contributed by atoms with van der Waals surface area (Å²) in [6.45, 7) is 2.36. The van der Waals surface area contributed by atoms with Gasteiger partial charge in [0.05, 0.1) is 11.9 Å². The SMILES string of the molecule is Cc1c(-c2ccc(OC(C)c3ccc(Cl)cc3Cl)nc2)sc2c1c(=O)[nH]c(=O)n2C[C@@H](O)C(F)(F)F. The van der Waals surface area contributed by atoms with E-state index in [9.17, 15) is 27.9 Å². The third kappa shape index (κ3) is 5.15. The Hall–Kier alpha value is -2.86. The van der Waals surface area contributed by atoms with Crippen molar-refractivity contribution in [3.8, 4) is 16.3 Å². The lowest BCUT2D eigenvalue weighted by molar-refractivity contribution is -0.207. The second-order valence-electron chi connectivity index (χ2n) is 7.97. The van der Waals surface area contributed by atoms with Gasteiger partial charge in [-0.2, -0.15) is 13.2 Å². The second kappa shape index (κ2) is 9.89. The van der Waals surface area contributed by atoms with Gasteiger partial charge in [0.1, 0.15) is 10.9 Å². The molecule has 0 aliphatic carbocycles. The fourth-order valence-corrected chi connectivity index (χ4v) is 5.52. The number of ether oxygens (including phenoxy) is 1. The van der Waals surface area contributed by atoms with Crippen LogP contribution in [0.2, 0.25) is 10.0 Å². The van der Waals surface area contributed by atoms with Crippen molar-refractivity contribution in [3.05, 3.63) is 78.5 Å². The van der Waals surface area contributed by atoms with Crippen molar-refractivity contribution >= 4 is 44.8 Å². The molecule has 2 N–H and O–H groups in total. The van der Waals surface area contributed by atoms with Crippen LogP contribution in [0.15, 0.2) is 46.1 Å². The highest BCUT2D eigenvalue weighted by molar-refractivity contribution is 7.22. The second-order valence-corrected chi connectivity index (χ2v) is 9.82. The van der Waals surface area contributed by atoms with Crippen molar-refractivity contribution in [2.24, 2.45) is 0 Å². The third-order valence-corrected chi connectivity index (χ3v) is 7.42. The van der Waals surface area contributed by atoms with Gasteiger partial charge in [-0.25, -0.2) is 9.78 Å². The lowest BCUT2D eigenvalue weighted by Crippen LogP contribution is -2.38. The largest absolute Gasteiger partial charge is 0.470 e. The Balaban J connectivity index is 1.67. The molecule has 0 saturated carbocycles. The van der Waals surface area contributed by atoms with Gasteiger partial charge in [0, 0.05) is 38.3 Å². The molecule has 1 aromatic carbocycles. The van der Waals surface area contributed by atoms with Crippen molar-refractivity contribution in [3.63, 3.8) is 0 Å². The number of nitrogens with one attached hydrogen (secondary N) is 1. The van der Waals surface area contributed by atoms with E-state index >= 15 is 0 Å². The number of aliphatic hydroxyl groups excluding tert-OH is 1. The number of thiophene rings is 1. The molecule has 3 aromatic heterocycles. The van der Waals surface area contributed by atoms with Crippen LogP contribution in [0.1, 0.15) is 24.2 Å². The highest BCUT2D eigenvalue weighted by atomic mass is 35.5. The molecule has 0 bridgehead atoms. The van der Waals surface area contributed by atoms with Crippen molar-refractivity contribution in [1.82, 2.24) is 14.5 Å². The Morgan fingerprint density at radius 3 is 2.56 bits per heavy atom. The molecule has 13 heteroatoms. The Morgan fingerprint density at radius 1 is 1.22 bits per heavy atom. The number of pyridine rings is 1. The minimum absolute atomic E-state index is 0.0193. The van der Waals surface area contributed by atoms with Crippen LogP contribution in [-0.2, 0) is 6.54 Å². The molecule has 3 heterocycles. The Morgan fingerprint density at radius 2 is 1.94 bits per heavy atom. The minimum atomic E-state index is -4.93. The molecule has 4 aromatic rings. The first-order chi connectivity index (χ1) is 16.9. The topological polar surface area (TPSA) is 97.2 Å². The lowest BCUT2D eigenvalue weighted by Gasteiger charge is -2.16. The number of fused-ring (bicyclic) bond motifs is 1. The lowest BCUT2D eigenvalue weighted by atomic mass is 10.1. The number of hydrogen-bond acceptors (Lipinski definition) is 6. The number of aromatic amines is 1. The fourth-order valence-electron chi connectivity index (χ4n) is 3.65. The number of aromatic nitrogens is 3. The van der Waals surface area contributed by atoms with Crippen molar-refractivity contribution < 1.29 is 23.0 Å². The maximum absolute atomic E-state index is 12.9. The number of nitrogens with zero attached hydrogens (tertiary/aromatic N) is 2. The van der Waals surface area contributed by atoms with E-state index in [4.69, 9.17) is 27.9 Å². The standard InChI is InChI=1S/C23H18Cl2F3N3O4S/c1-10-18-20(33)30-22(34)31(9-16(32)23(26,27)28)21(18)36-19(10)12-3-6-17(29-8-12)35-11(2)14-5-4-13(24)7-15(14)25/h3-8,11,16,32H,9H2,1-2H3,(H,30,33,34)/t11?,16-/m1/s1. The predicted molar refractivity (Wildman–Crippen MR) is 132 cm³/mol. The number of H-pyrrole nitrogens is 1. The average Bonchev–Trinajstić information content (AvgIpc) is 3.13. The van der Waals surface area contributed by atoms with Gasteiger partial charge in [-0.15, -0.1) is 11.3 Å². The molecule has 4 rings (SSSR count). The van der Waals surface area contributed by atoms with Gasteiger partial charge < -0.3 is 9.84 Å². The summed E-state index contributed by atoms with van der Waals surface area (Å²) in [5.74, 6) is 0.291. The smallest absolute Gasteiger partial charge is 0.416 e. The van der Waals surface area contributed by atoms with E-state index in [-0.39, 0.29) is 10.2 Å². The number of rotatable bonds is 6. The molecule has 0 radical (unpaired) electrons. The molecule has 36 heavy (non-hydrogen) atoms. The fraction of sp³-hybridized carbons (Fsp3) is 0.261. The molecule has 0 saturated heterocycles. The van der Waals surface area contributed by atoms with E-state index in [0.29, 0.717) is 37.5 Å². The van der Waals surface area contributed by atoms with Gasteiger partial charge in [0.25, 0.3) is 5.56 Å².